The number of hydrogen-bond donors (Lipinski definition) is 1. The van der Waals surface area contributed by atoms with Crippen LogP contribution in [0.25, 0.3) is 16.9 Å². The van der Waals surface area contributed by atoms with E-state index in [-0.39, 0.29) is 5.69 Å². The summed E-state index contributed by atoms with van der Waals surface area (Å²) in [6.45, 7) is 0. The molecule has 0 saturated carbocycles. The Morgan fingerprint density at radius 3 is 2.59 bits per heavy atom. The fraction of sp³-hybridized carbons (Fsp3) is 0. The molecule has 8 heteroatoms. The van der Waals surface area contributed by atoms with E-state index in [1.54, 1.807) is 24.3 Å². The van der Waals surface area contributed by atoms with Crippen molar-refractivity contribution in [2.45, 2.75) is 0 Å². The number of nitrogens with zero attached hydrogens (tertiary/aromatic N) is 3. The predicted octanol–water partition coefficient (Wildman–Crippen LogP) is 2.24. The average Bonchev–Trinajstić information content (AvgIpc) is 3.02. The molecule has 0 spiro atoms. The van der Waals surface area contributed by atoms with Crippen molar-refractivity contribution < 1.29 is 14.4 Å². The Kier molecular flexibility index (Phi) is 3.48. The second kappa shape index (κ2) is 5.45. The Hall–Kier alpha value is -2.93. The lowest BCUT2D eigenvalue weighted by Gasteiger charge is -2.07. The first-order valence-electron chi connectivity index (χ1n) is 6.09. The summed E-state index contributed by atoms with van der Waals surface area (Å²) in [4.78, 5) is 23.5. The molecule has 22 heavy (non-hydrogen) atoms. The lowest BCUT2D eigenvalue weighted by Crippen LogP contribution is -2.27. The Balaban J connectivity index is 2.25. The van der Waals surface area contributed by atoms with Gasteiger partial charge in [-0.3, -0.25) is 4.79 Å². The molecule has 110 valence electrons. The maximum atomic E-state index is 12.2. The first-order chi connectivity index (χ1) is 10.6. The largest absolute Gasteiger partial charge is 0.477 e. The Morgan fingerprint density at radius 2 is 2.00 bits per heavy atom. The van der Waals surface area contributed by atoms with Crippen LogP contribution in [0, 0.1) is 0 Å². The molecule has 0 bridgehead atoms. The van der Waals surface area contributed by atoms with Crippen LogP contribution in [0.2, 0.25) is 5.02 Å². The van der Waals surface area contributed by atoms with Crippen molar-refractivity contribution in [2.24, 2.45) is 0 Å². The van der Waals surface area contributed by atoms with E-state index in [0.717, 1.165) is 4.68 Å². The summed E-state index contributed by atoms with van der Waals surface area (Å²) in [7, 11) is 0. The number of rotatable bonds is 3. The number of carboxylic acids is 1. The molecular weight excluding hydrogens is 310 g/mol. The summed E-state index contributed by atoms with van der Waals surface area (Å²) in [6, 6.07) is 7.87. The van der Waals surface area contributed by atoms with Crippen LogP contribution in [0.3, 0.4) is 0 Å². The van der Waals surface area contributed by atoms with Crippen molar-refractivity contribution in [1.82, 2.24) is 14.9 Å². The minimum absolute atomic E-state index is 0.239. The van der Waals surface area contributed by atoms with E-state index in [1.165, 1.54) is 18.5 Å². The molecule has 0 aliphatic carbocycles. The van der Waals surface area contributed by atoms with E-state index in [0.29, 0.717) is 16.3 Å². The highest BCUT2D eigenvalue weighted by Crippen LogP contribution is 2.20. The van der Waals surface area contributed by atoms with E-state index in [1.807, 2.05) is 0 Å². The SMILES string of the molecule is O=C(O)c1cc(-c2ccc(Cl)cc2)nn(-c2cnoc2)c1=O. The first-order valence-corrected chi connectivity index (χ1v) is 6.47. The first kappa shape index (κ1) is 14.0. The summed E-state index contributed by atoms with van der Waals surface area (Å²) in [5.41, 5.74) is 0.00449. The zero-order chi connectivity index (χ0) is 15.7. The van der Waals surface area contributed by atoms with Gasteiger partial charge in [-0.05, 0) is 18.2 Å². The Bertz CT molecular complexity index is 885. The van der Waals surface area contributed by atoms with Gasteiger partial charge in [0.2, 0.25) is 0 Å². The second-order valence-corrected chi connectivity index (χ2v) is 4.79. The Labute approximate surface area is 128 Å². The molecule has 0 aliphatic rings. The van der Waals surface area contributed by atoms with Crippen LogP contribution >= 0.6 is 11.6 Å². The summed E-state index contributed by atoms with van der Waals surface area (Å²) in [5.74, 6) is -1.34. The molecule has 7 nitrogen and oxygen atoms in total. The van der Waals surface area contributed by atoms with E-state index in [2.05, 4.69) is 14.8 Å². The molecular formula is C14H8ClN3O4. The van der Waals surface area contributed by atoms with Gasteiger partial charge in [0.25, 0.3) is 5.56 Å². The van der Waals surface area contributed by atoms with Crippen molar-refractivity contribution in [3.63, 3.8) is 0 Å². The lowest BCUT2D eigenvalue weighted by atomic mass is 10.1. The van der Waals surface area contributed by atoms with Crippen molar-refractivity contribution >= 4 is 17.6 Å². The van der Waals surface area contributed by atoms with Gasteiger partial charge in [-0.25, -0.2) is 4.79 Å². The highest BCUT2D eigenvalue weighted by Gasteiger charge is 2.17. The van der Waals surface area contributed by atoms with Crippen LogP contribution in [0.5, 0.6) is 0 Å². The molecule has 0 atom stereocenters. The number of halogens is 1. The molecule has 1 aromatic carbocycles. The third kappa shape index (κ3) is 2.49. The van der Waals surface area contributed by atoms with E-state index in [9.17, 15) is 14.7 Å². The zero-order valence-electron chi connectivity index (χ0n) is 10.9. The molecule has 0 saturated heterocycles. The van der Waals surface area contributed by atoms with Crippen LogP contribution < -0.4 is 5.56 Å². The van der Waals surface area contributed by atoms with Crippen LogP contribution in [0.15, 0.2) is 52.1 Å². The second-order valence-electron chi connectivity index (χ2n) is 4.35. The maximum absolute atomic E-state index is 12.2. The molecule has 2 heterocycles. The zero-order valence-corrected chi connectivity index (χ0v) is 11.7. The van der Waals surface area contributed by atoms with Gasteiger partial charge in [-0.2, -0.15) is 9.78 Å². The summed E-state index contributed by atoms with van der Waals surface area (Å²) in [6.07, 6.45) is 2.47. The third-order valence-electron chi connectivity index (χ3n) is 2.95. The van der Waals surface area contributed by atoms with Crippen molar-refractivity contribution in [3.8, 4) is 16.9 Å². The molecule has 0 amide bonds. The predicted molar refractivity (Wildman–Crippen MR) is 77.3 cm³/mol. The van der Waals surface area contributed by atoms with Gasteiger partial charge >= 0.3 is 5.97 Å². The monoisotopic (exact) mass is 317 g/mol. The quantitative estimate of drug-likeness (QED) is 0.795. The van der Waals surface area contributed by atoms with Gasteiger partial charge in [0.15, 0.2) is 0 Å². The van der Waals surface area contributed by atoms with E-state index in [4.69, 9.17) is 11.6 Å². The topological polar surface area (TPSA) is 98.2 Å². The van der Waals surface area contributed by atoms with Crippen LogP contribution in [0.1, 0.15) is 10.4 Å². The van der Waals surface area contributed by atoms with Gasteiger partial charge in [0.05, 0.1) is 11.9 Å². The number of aromatic carboxylic acids is 1. The van der Waals surface area contributed by atoms with Gasteiger partial charge in [-0.1, -0.05) is 28.9 Å². The van der Waals surface area contributed by atoms with Gasteiger partial charge in [-0.15, -0.1) is 0 Å². The number of carboxylic acid groups (broad SMARTS) is 1. The van der Waals surface area contributed by atoms with Crippen LogP contribution in [-0.4, -0.2) is 26.0 Å². The fourth-order valence-corrected chi connectivity index (χ4v) is 2.01. The standard InChI is InChI=1S/C14H8ClN3O4/c15-9-3-1-8(2-4-9)12-5-11(14(20)21)13(19)18(17-12)10-6-16-22-7-10/h1-7H,(H,20,21). The minimum Gasteiger partial charge on any atom is -0.477 e. The molecule has 1 N–H and O–H groups in total. The van der Waals surface area contributed by atoms with Gasteiger partial charge < -0.3 is 9.63 Å². The van der Waals surface area contributed by atoms with Crippen molar-refractivity contribution in [2.75, 3.05) is 0 Å². The number of hydrogen-bond acceptors (Lipinski definition) is 5. The average molecular weight is 318 g/mol. The van der Waals surface area contributed by atoms with E-state index < -0.39 is 17.1 Å². The molecule has 0 aliphatic heterocycles. The molecule has 3 rings (SSSR count). The molecule has 2 aromatic heterocycles. The summed E-state index contributed by atoms with van der Waals surface area (Å²) >= 11 is 5.83. The number of carbonyl (C=O) groups is 1. The Morgan fingerprint density at radius 1 is 1.27 bits per heavy atom. The maximum Gasteiger partial charge on any atom is 0.341 e. The van der Waals surface area contributed by atoms with Gasteiger partial charge in [0, 0.05) is 10.6 Å². The summed E-state index contributed by atoms with van der Waals surface area (Å²) < 4.78 is 5.61. The normalized spacial score (nSPS) is 10.6. The highest BCUT2D eigenvalue weighted by atomic mass is 35.5. The smallest absolute Gasteiger partial charge is 0.341 e. The molecule has 0 fully saturated rings. The van der Waals surface area contributed by atoms with Gasteiger partial charge in [0.1, 0.15) is 17.5 Å². The van der Waals surface area contributed by atoms with Crippen LogP contribution in [-0.2, 0) is 0 Å². The van der Waals surface area contributed by atoms with Crippen LogP contribution in [0.4, 0.5) is 0 Å². The van der Waals surface area contributed by atoms with Crippen molar-refractivity contribution in [3.05, 3.63) is 63.7 Å². The minimum atomic E-state index is -1.34. The van der Waals surface area contributed by atoms with E-state index >= 15 is 0 Å². The number of benzene rings is 1. The number of aromatic nitrogens is 3. The lowest BCUT2D eigenvalue weighted by molar-refractivity contribution is 0.0694. The molecule has 0 radical (unpaired) electrons. The third-order valence-corrected chi connectivity index (χ3v) is 3.20. The summed E-state index contributed by atoms with van der Waals surface area (Å²) in [5, 5.41) is 17.4. The molecule has 0 unspecified atom stereocenters. The molecule has 3 aromatic rings. The fourth-order valence-electron chi connectivity index (χ4n) is 1.89. The van der Waals surface area contributed by atoms with Crippen molar-refractivity contribution in [1.29, 1.82) is 0 Å². The highest BCUT2D eigenvalue weighted by molar-refractivity contribution is 6.30.